The summed E-state index contributed by atoms with van der Waals surface area (Å²) in [5.74, 6) is -1.04. The van der Waals surface area contributed by atoms with Gasteiger partial charge in [-0.2, -0.15) is 0 Å². The highest BCUT2D eigenvalue weighted by molar-refractivity contribution is 8.13. The fraction of sp³-hybridized carbons (Fsp3) is 0.273. The number of esters is 2. The van der Waals surface area contributed by atoms with E-state index in [-0.39, 0.29) is 12.3 Å². The van der Waals surface area contributed by atoms with Crippen LogP contribution in [0.15, 0.2) is 60.7 Å². The number of ether oxygens (including phenoxy) is 4. The Labute approximate surface area is 189 Å². The van der Waals surface area contributed by atoms with Crippen molar-refractivity contribution in [1.82, 2.24) is 5.32 Å². The molecule has 0 aliphatic carbocycles. The Morgan fingerprint density at radius 2 is 1.22 bits per heavy atom. The van der Waals surface area contributed by atoms with E-state index in [1.54, 1.807) is 60.7 Å². The lowest BCUT2D eigenvalue weighted by Gasteiger charge is -2.15. The summed E-state index contributed by atoms with van der Waals surface area (Å²) >= 11 is 0.788. The maximum Gasteiger partial charge on any atom is 0.410 e. The molecule has 9 nitrogen and oxygen atoms in total. The molecule has 2 rings (SSSR count). The first kappa shape index (κ1) is 24.7. The van der Waals surface area contributed by atoms with Crippen molar-refractivity contribution in [3.8, 4) is 0 Å². The molecule has 0 radical (unpaired) electrons. The summed E-state index contributed by atoms with van der Waals surface area (Å²) in [5, 5.41) is 1.75. The molecule has 0 aliphatic heterocycles. The molecule has 1 N–H and O–H groups in total. The third-order valence-electron chi connectivity index (χ3n) is 3.69. The first-order chi connectivity index (χ1) is 15.3. The van der Waals surface area contributed by atoms with Gasteiger partial charge in [0.1, 0.15) is 0 Å². The van der Waals surface area contributed by atoms with Gasteiger partial charge in [0.25, 0.3) is 0 Å². The third-order valence-corrected chi connectivity index (χ3v) is 4.43. The average molecular weight is 461 g/mol. The van der Waals surface area contributed by atoms with Crippen molar-refractivity contribution < 1.29 is 38.1 Å². The van der Waals surface area contributed by atoms with Crippen molar-refractivity contribution in [2.45, 2.75) is 26.4 Å². The van der Waals surface area contributed by atoms with Gasteiger partial charge in [-0.05, 0) is 36.0 Å². The SMILES string of the molecule is C[C@H](OC(=O)NCCSC(=O)O[C@@H](C)OC(=O)c1ccccc1)OC(=O)c1ccccc1. The lowest BCUT2D eigenvalue weighted by atomic mass is 10.2. The number of carbonyl (C=O) groups is 4. The maximum atomic E-state index is 11.9. The number of rotatable bonds is 9. The van der Waals surface area contributed by atoms with Gasteiger partial charge in [-0.25, -0.2) is 19.2 Å². The van der Waals surface area contributed by atoms with E-state index in [0.29, 0.717) is 11.1 Å². The highest BCUT2D eigenvalue weighted by Gasteiger charge is 2.17. The van der Waals surface area contributed by atoms with Crippen LogP contribution in [0.2, 0.25) is 0 Å². The van der Waals surface area contributed by atoms with Crippen LogP contribution in [0, 0.1) is 0 Å². The molecule has 0 saturated carbocycles. The molecule has 0 saturated heterocycles. The summed E-state index contributed by atoms with van der Waals surface area (Å²) in [4.78, 5) is 47.3. The van der Waals surface area contributed by atoms with Gasteiger partial charge in [0.2, 0.25) is 12.6 Å². The molecule has 0 heterocycles. The molecule has 2 aromatic rings. The lowest BCUT2D eigenvalue weighted by molar-refractivity contribution is -0.0602. The van der Waals surface area contributed by atoms with Gasteiger partial charge in [0.05, 0.1) is 11.1 Å². The summed E-state index contributed by atoms with van der Waals surface area (Å²) in [6.45, 7) is 2.92. The Hall–Kier alpha value is -3.53. The molecule has 1 amide bonds. The van der Waals surface area contributed by atoms with Crippen LogP contribution in [-0.4, -0.2) is 48.2 Å². The van der Waals surface area contributed by atoms with Crippen LogP contribution in [0.5, 0.6) is 0 Å². The third kappa shape index (κ3) is 9.09. The van der Waals surface area contributed by atoms with Gasteiger partial charge >= 0.3 is 23.3 Å². The van der Waals surface area contributed by atoms with Crippen molar-refractivity contribution in [1.29, 1.82) is 0 Å². The maximum absolute atomic E-state index is 11.9. The molecule has 32 heavy (non-hydrogen) atoms. The largest absolute Gasteiger partial charge is 0.422 e. The number of carbonyl (C=O) groups excluding carboxylic acids is 4. The smallest absolute Gasteiger partial charge is 0.410 e. The second-order valence-electron chi connectivity index (χ2n) is 6.23. The van der Waals surface area contributed by atoms with E-state index >= 15 is 0 Å². The van der Waals surface area contributed by atoms with Crippen LogP contribution in [0.1, 0.15) is 34.6 Å². The lowest BCUT2D eigenvalue weighted by Crippen LogP contribution is -2.31. The van der Waals surface area contributed by atoms with E-state index in [1.165, 1.54) is 13.8 Å². The Morgan fingerprint density at radius 1 is 0.750 bits per heavy atom. The first-order valence-corrected chi connectivity index (χ1v) is 10.6. The zero-order valence-corrected chi connectivity index (χ0v) is 18.3. The van der Waals surface area contributed by atoms with E-state index < -0.39 is 35.9 Å². The minimum absolute atomic E-state index is 0.0934. The van der Waals surface area contributed by atoms with E-state index in [0.717, 1.165) is 11.8 Å². The van der Waals surface area contributed by atoms with Crippen LogP contribution in [-0.2, 0) is 18.9 Å². The average Bonchev–Trinajstić information content (AvgIpc) is 2.77. The van der Waals surface area contributed by atoms with Crippen LogP contribution < -0.4 is 5.32 Å². The number of amides is 1. The predicted octanol–water partition coefficient (Wildman–Crippen LogP) is 3.99. The first-order valence-electron chi connectivity index (χ1n) is 9.65. The monoisotopic (exact) mass is 461 g/mol. The minimum Gasteiger partial charge on any atom is -0.422 e. The molecule has 0 aliphatic rings. The molecule has 10 heteroatoms. The number of hydrogen-bond donors (Lipinski definition) is 1. The number of benzene rings is 2. The van der Waals surface area contributed by atoms with Crippen molar-refractivity contribution in [2.75, 3.05) is 12.3 Å². The molecular weight excluding hydrogens is 438 g/mol. The van der Waals surface area contributed by atoms with Gasteiger partial charge in [-0.3, -0.25) is 0 Å². The summed E-state index contributed by atoms with van der Waals surface area (Å²) < 4.78 is 20.0. The van der Waals surface area contributed by atoms with Crippen molar-refractivity contribution >= 4 is 35.1 Å². The van der Waals surface area contributed by atoms with Crippen LogP contribution in [0.3, 0.4) is 0 Å². The fourth-order valence-corrected chi connectivity index (χ4v) is 2.86. The van der Waals surface area contributed by atoms with E-state index in [9.17, 15) is 19.2 Å². The van der Waals surface area contributed by atoms with Gasteiger partial charge in [-0.15, -0.1) is 0 Å². The summed E-state index contributed by atoms with van der Waals surface area (Å²) in [6.07, 6.45) is -2.97. The van der Waals surface area contributed by atoms with E-state index in [2.05, 4.69) is 5.32 Å². The van der Waals surface area contributed by atoms with E-state index in [4.69, 9.17) is 18.9 Å². The predicted molar refractivity (Wildman–Crippen MR) is 116 cm³/mol. The molecule has 0 unspecified atom stereocenters. The molecule has 0 spiro atoms. The van der Waals surface area contributed by atoms with Gasteiger partial charge in [0.15, 0.2) is 0 Å². The highest BCUT2D eigenvalue weighted by Crippen LogP contribution is 2.10. The van der Waals surface area contributed by atoms with Gasteiger partial charge < -0.3 is 24.3 Å². The highest BCUT2D eigenvalue weighted by atomic mass is 32.2. The molecule has 0 bridgehead atoms. The molecule has 2 aromatic carbocycles. The topological polar surface area (TPSA) is 117 Å². The van der Waals surface area contributed by atoms with E-state index in [1.807, 2.05) is 0 Å². The zero-order valence-electron chi connectivity index (χ0n) is 17.5. The van der Waals surface area contributed by atoms with Crippen molar-refractivity contribution in [2.24, 2.45) is 0 Å². The quantitative estimate of drug-likeness (QED) is 0.336. The Kier molecular flexibility index (Phi) is 10.1. The molecular formula is C22H23NO8S. The van der Waals surface area contributed by atoms with Crippen LogP contribution in [0.25, 0.3) is 0 Å². The molecule has 2 atom stereocenters. The van der Waals surface area contributed by atoms with Crippen LogP contribution in [0.4, 0.5) is 9.59 Å². The Morgan fingerprint density at radius 3 is 1.72 bits per heavy atom. The second kappa shape index (κ2) is 13.0. The number of hydrogen-bond acceptors (Lipinski definition) is 9. The zero-order chi connectivity index (χ0) is 23.3. The summed E-state index contributed by atoms with van der Waals surface area (Å²) in [7, 11) is 0. The van der Waals surface area contributed by atoms with Crippen molar-refractivity contribution in [3.63, 3.8) is 0 Å². The Bertz CT molecular complexity index is 831. The standard InChI is InChI=1S/C22H23NO8S/c1-15(28-19(24)17-9-5-3-6-10-17)30-21(26)23-13-14-32-22(27)31-16(2)29-20(25)18-11-7-4-8-12-18/h3-12,15-16H,13-14H2,1-2H3,(H,23,26)/t15-,16-/m0/s1. The second-order valence-corrected chi connectivity index (χ2v) is 7.26. The Balaban J connectivity index is 1.58. The normalized spacial score (nSPS) is 12.1. The van der Waals surface area contributed by atoms with Crippen molar-refractivity contribution in [3.05, 3.63) is 71.8 Å². The van der Waals surface area contributed by atoms with Gasteiger partial charge in [0, 0.05) is 26.1 Å². The molecule has 0 aromatic heterocycles. The van der Waals surface area contributed by atoms with Crippen LogP contribution >= 0.6 is 11.8 Å². The summed E-state index contributed by atoms with van der Waals surface area (Å²) in [6, 6.07) is 16.6. The number of thioether (sulfide) groups is 1. The molecule has 0 fully saturated rings. The minimum atomic E-state index is -1.10. The fourth-order valence-electron chi connectivity index (χ4n) is 2.28. The summed E-state index contributed by atoms with van der Waals surface area (Å²) in [5.41, 5.74) is 0.677. The van der Waals surface area contributed by atoms with Gasteiger partial charge in [-0.1, -0.05) is 36.4 Å². The molecule has 170 valence electrons. The number of nitrogens with one attached hydrogen (secondary N) is 1. The number of alkyl carbamates (subject to hydrolysis) is 1.